The molecule has 1 aliphatic heterocycles. The van der Waals surface area contributed by atoms with E-state index in [9.17, 15) is 15.3 Å². The number of hydrogen-bond donors (Lipinski definition) is 3. The highest BCUT2D eigenvalue weighted by Gasteiger charge is 2.42. The molecule has 1 rings (SSSR count). The van der Waals surface area contributed by atoms with Crippen LogP contribution in [0.1, 0.15) is 20.8 Å². The van der Waals surface area contributed by atoms with Gasteiger partial charge in [0.15, 0.2) is 0 Å². The van der Waals surface area contributed by atoms with Gasteiger partial charge in [0.1, 0.15) is 18.3 Å². The molecule has 0 radical (unpaired) electrons. The molecule has 0 aromatic carbocycles. The molecule has 0 aliphatic carbocycles. The van der Waals surface area contributed by atoms with Crippen LogP contribution in [-0.4, -0.2) is 45.8 Å². The Labute approximate surface area is 78.1 Å². The summed E-state index contributed by atoms with van der Waals surface area (Å²) in [6, 6.07) is 0. The first-order chi connectivity index (χ1) is 5.95. The van der Waals surface area contributed by atoms with Gasteiger partial charge in [-0.1, -0.05) is 13.8 Å². The van der Waals surface area contributed by atoms with Crippen molar-refractivity contribution in [2.24, 2.45) is 5.92 Å². The SMILES string of the molecule is CC(C)[C@@H]1OC(C)[C@H](O)[C@@H](O)C1O. The Hall–Kier alpha value is -0.160. The quantitative estimate of drug-likeness (QED) is 0.522. The van der Waals surface area contributed by atoms with Crippen LogP contribution in [0.3, 0.4) is 0 Å². The smallest absolute Gasteiger partial charge is 0.111 e. The molecule has 0 aromatic heterocycles. The van der Waals surface area contributed by atoms with Crippen LogP contribution >= 0.6 is 0 Å². The summed E-state index contributed by atoms with van der Waals surface area (Å²) >= 11 is 0. The van der Waals surface area contributed by atoms with Gasteiger partial charge in [0.2, 0.25) is 0 Å². The summed E-state index contributed by atoms with van der Waals surface area (Å²) in [6.07, 6.45) is -3.91. The van der Waals surface area contributed by atoms with E-state index >= 15 is 0 Å². The van der Waals surface area contributed by atoms with Gasteiger partial charge in [0.25, 0.3) is 0 Å². The van der Waals surface area contributed by atoms with Crippen molar-refractivity contribution >= 4 is 0 Å². The standard InChI is InChI=1S/C9H18O4/c1-4(2)9-8(12)7(11)6(10)5(3)13-9/h4-12H,1-3H3/t5?,6-,7+,8?,9-/m0/s1. The van der Waals surface area contributed by atoms with Gasteiger partial charge in [0, 0.05) is 0 Å². The maximum Gasteiger partial charge on any atom is 0.111 e. The van der Waals surface area contributed by atoms with E-state index in [2.05, 4.69) is 0 Å². The molecule has 13 heavy (non-hydrogen) atoms. The molecule has 0 bridgehead atoms. The second kappa shape index (κ2) is 3.92. The van der Waals surface area contributed by atoms with E-state index < -0.39 is 30.5 Å². The molecule has 5 atom stereocenters. The first kappa shape index (κ1) is 10.9. The van der Waals surface area contributed by atoms with Crippen LogP contribution in [0.25, 0.3) is 0 Å². The average molecular weight is 190 g/mol. The lowest BCUT2D eigenvalue weighted by Crippen LogP contribution is -2.57. The summed E-state index contributed by atoms with van der Waals surface area (Å²) in [4.78, 5) is 0. The molecule has 4 nitrogen and oxygen atoms in total. The van der Waals surface area contributed by atoms with Crippen molar-refractivity contribution in [3.8, 4) is 0 Å². The third kappa shape index (κ3) is 2.02. The molecule has 1 aliphatic rings. The molecule has 0 spiro atoms. The van der Waals surface area contributed by atoms with Crippen LogP contribution < -0.4 is 0 Å². The molecule has 0 aromatic rings. The zero-order chi connectivity index (χ0) is 10.2. The maximum atomic E-state index is 9.56. The molecule has 3 N–H and O–H groups in total. The van der Waals surface area contributed by atoms with E-state index in [-0.39, 0.29) is 5.92 Å². The van der Waals surface area contributed by atoms with Crippen molar-refractivity contribution in [2.45, 2.75) is 51.3 Å². The predicted octanol–water partition coefficient (Wildman–Crippen LogP) is -0.488. The van der Waals surface area contributed by atoms with Gasteiger partial charge >= 0.3 is 0 Å². The van der Waals surface area contributed by atoms with E-state index in [0.717, 1.165) is 0 Å². The van der Waals surface area contributed by atoms with Crippen LogP contribution in [0, 0.1) is 5.92 Å². The topological polar surface area (TPSA) is 69.9 Å². The maximum absolute atomic E-state index is 9.56. The summed E-state index contributed by atoms with van der Waals surface area (Å²) in [5, 5.41) is 28.4. The highest BCUT2D eigenvalue weighted by atomic mass is 16.5. The fourth-order valence-electron chi connectivity index (χ4n) is 1.63. The first-order valence-corrected chi connectivity index (χ1v) is 4.64. The largest absolute Gasteiger partial charge is 0.388 e. The summed E-state index contributed by atoms with van der Waals surface area (Å²) < 4.78 is 5.38. The molecule has 78 valence electrons. The Morgan fingerprint density at radius 3 is 2.00 bits per heavy atom. The molecule has 4 heteroatoms. The Balaban J connectivity index is 2.70. The second-order valence-electron chi connectivity index (χ2n) is 4.02. The molecule has 0 saturated carbocycles. The summed E-state index contributed by atoms with van der Waals surface area (Å²) in [6.45, 7) is 5.51. The van der Waals surface area contributed by atoms with Gasteiger partial charge in [-0.25, -0.2) is 0 Å². The van der Waals surface area contributed by atoms with E-state index in [1.54, 1.807) is 6.92 Å². The van der Waals surface area contributed by atoms with E-state index in [1.807, 2.05) is 13.8 Å². The highest BCUT2D eigenvalue weighted by Crippen LogP contribution is 2.25. The molecule has 0 amide bonds. The third-order valence-electron chi connectivity index (χ3n) is 2.55. The summed E-state index contributed by atoms with van der Waals surface area (Å²) in [5.41, 5.74) is 0. The molecular weight excluding hydrogens is 172 g/mol. The van der Waals surface area contributed by atoms with Gasteiger partial charge in [-0.2, -0.15) is 0 Å². The highest BCUT2D eigenvalue weighted by molar-refractivity contribution is 4.91. The zero-order valence-corrected chi connectivity index (χ0v) is 8.21. The van der Waals surface area contributed by atoms with Crippen LogP contribution in [0.15, 0.2) is 0 Å². The monoisotopic (exact) mass is 190 g/mol. The minimum atomic E-state index is -1.10. The predicted molar refractivity (Wildman–Crippen MR) is 47.2 cm³/mol. The number of aliphatic hydroxyl groups is 3. The van der Waals surface area contributed by atoms with Crippen molar-refractivity contribution in [2.75, 3.05) is 0 Å². The Morgan fingerprint density at radius 1 is 1.00 bits per heavy atom. The van der Waals surface area contributed by atoms with Crippen molar-refractivity contribution in [1.29, 1.82) is 0 Å². The normalized spacial score (nSPS) is 46.8. The number of aliphatic hydroxyl groups excluding tert-OH is 3. The lowest BCUT2D eigenvalue weighted by Gasteiger charge is -2.41. The lowest BCUT2D eigenvalue weighted by atomic mass is 9.90. The van der Waals surface area contributed by atoms with E-state index in [0.29, 0.717) is 0 Å². The summed E-state index contributed by atoms with van der Waals surface area (Å²) in [7, 11) is 0. The molecular formula is C9H18O4. The minimum Gasteiger partial charge on any atom is -0.388 e. The summed E-state index contributed by atoms with van der Waals surface area (Å²) in [5.74, 6) is 0.125. The average Bonchev–Trinajstić information content (AvgIpc) is 2.07. The Bertz CT molecular complexity index is 171. The molecule has 1 heterocycles. The molecule has 2 unspecified atom stereocenters. The van der Waals surface area contributed by atoms with E-state index in [1.165, 1.54) is 0 Å². The van der Waals surface area contributed by atoms with Crippen molar-refractivity contribution < 1.29 is 20.1 Å². The fraction of sp³-hybridized carbons (Fsp3) is 1.00. The number of hydrogen-bond acceptors (Lipinski definition) is 4. The lowest BCUT2D eigenvalue weighted by molar-refractivity contribution is -0.226. The minimum absolute atomic E-state index is 0.125. The molecule has 1 saturated heterocycles. The van der Waals surface area contributed by atoms with Gasteiger partial charge in [-0.15, -0.1) is 0 Å². The second-order valence-corrected chi connectivity index (χ2v) is 4.02. The van der Waals surface area contributed by atoms with Crippen molar-refractivity contribution in [3.05, 3.63) is 0 Å². The Morgan fingerprint density at radius 2 is 1.54 bits per heavy atom. The van der Waals surface area contributed by atoms with Crippen molar-refractivity contribution in [1.82, 2.24) is 0 Å². The van der Waals surface area contributed by atoms with Gasteiger partial charge in [0.05, 0.1) is 12.2 Å². The van der Waals surface area contributed by atoms with Gasteiger partial charge in [-0.05, 0) is 12.8 Å². The van der Waals surface area contributed by atoms with Gasteiger partial charge < -0.3 is 20.1 Å². The van der Waals surface area contributed by atoms with Crippen LogP contribution in [0.4, 0.5) is 0 Å². The fourth-order valence-corrected chi connectivity index (χ4v) is 1.63. The first-order valence-electron chi connectivity index (χ1n) is 4.64. The number of ether oxygens (including phenoxy) is 1. The zero-order valence-electron chi connectivity index (χ0n) is 8.21. The van der Waals surface area contributed by atoms with Crippen LogP contribution in [0.5, 0.6) is 0 Å². The van der Waals surface area contributed by atoms with Crippen molar-refractivity contribution in [3.63, 3.8) is 0 Å². The van der Waals surface area contributed by atoms with Crippen LogP contribution in [-0.2, 0) is 4.74 Å². The third-order valence-corrected chi connectivity index (χ3v) is 2.55. The van der Waals surface area contributed by atoms with Gasteiger partial charge in [-0.3, -0.25) is 0 Å². The molecule has 1 fully saturated rings. The Kier molecular flexibility index (Phi) is 3.29. The van der Waals surface area contributed by atoms with Crippen LogP contribution in [0.2, 0.25) is 0 Å². The van der Waals surface area contributed by atoms with E-state index in [4.69, 9.17) is 4.74 Å². The number of rotatable bonds is 1.